The minimum absolute atomic E-state index is 0.0500. The first-order valence-electron chi connectivity index (χ1n) is 24.5. The number of ether oxygens (including phenoxy) is 4. The molecule has 0 unspecified atom stereocenters. The Kier molecular flexibility index (Phi) is 17.7. The number of nitrogens with one attached hydrogen (secondary N) is 4. The Morgan fingerprint density at radius 3 is 2.43 bits per heavy atom. The number of β-amino-alcohol motifs (C(OH)–C–C–N with tert-alkyl or cyclic N) is 1. The van der Waals surface area contributed by atoms with Crippen molar-refractivity contribution in [2.75, 3.05) is 59.1 Å². The van der Waals surface area contributed by atoms with Gasteiger partial charge >= 0.3 is 0 Å². The highest BCUT2D eigenvalue weighted by molar-refractivity contribution is 7.13. The van der Waals surface area contributed by atoms with Crippen molar-refractivity contribution < 1.29 is 47.6 Å². The summed E-state index contributed by atoms with van der Waals surface area (Å²) in [6, 6.07) is 20.7. The van der Waals surface area contributed by atoms with Crippen molar-refractivity contribution in [1.29, 1.82) is 0 Å². The molecule has 0 bridgehead atoms. The number of amides is 4. The highest BCUT2D eigenvalue weighted by atomic mass is 35.5. The second-order valence-electron chi connectivity index (χ2n) is 19.1. The molecule has 2 aliphatic heterocycles. The van der Waals surface area contributed by atoms with Gasteiger partial charge in [0.2, 0.25) is 23.7 Å². The van der Waals surface area contributed by atoms with E-state index in [9.17, 15) is 24.3 Å². The molecule has 4 aromatic carbocycles. The zero-order chi connectivity index (χ0) is 54.1. The maximum absolute atomic E-state index is 15.4. The maximum Gasteiger partial charge on any atom is 0.255 e. The number of nitrogens with zero attached hydrogens (tertiary/aromatic N) is 5. The molecule has 3 atom stereocenters. The van der Waals surface area contributed by atoms with Crippen molar-refractivity contribution in [2.45, 2.75) is 65.4 Å². The molecular formula is C55H59ClFN9O9S. The maximum atomic E-state index is 15.4. The Morgan fingerprint density at radius 1 is 0.921 bits per heavy atom. The molecule has 0 saturated carbocycles. The van der Waals surface area contributed by atoms with Crippen LogP contribution >= 0.6 is 22.9 Å². The Labute approximate surface area is 448 Å². The van der Waals surface area contributed by atoms with Gasteiger partial charge in [-0.2, -0.15) is 0 Å². The van der Waals surface area contributed by atoms with Crippen LogP contribution in [0.3, 0.4) is 0 Å². The van der Waals surface area contributed by atoms with E-state index >= 15 is 4.39 Å². The molecule has 5 N–H and O–H groups in total. The van der Waals surface area contributed by atoms with Crippen LogP contribution in [0.15, 0.2) is 95.6 Å². The number of likely N-dealkylation sites (tertiary alicyclic amines) is 1. The predicted molar refractivity (Wildman–Crippen MR) is 287 cm³/mol. The summed E-state index contributed by atoms with van der Waals surface area (Å²) in [5, 5.41) is 22.7. The number of anilines is 2. The molecule has 0 aliphatic carbocycles. The van der Waals surface area contributed by atoms with E-state index in [1.165, 1.54) is 25.2 Å². The zero-order valence-corrected chi connectivity index (χ0v) is 44.4. The molecule has 1 saturated heterocycles. The number of halogens is 2. The van der Waals surface area contributed by atoms with Gasteiger partial charge in [-0.05, 0) is 59.9 Å². The molecule has 4 heterocycles. The fraction of sp³-hybridized carbons (Fsp3) is 0.345. The number of methoxy groups -OCH3 is 2. The molecule has 2 aromatic heterocycles. The number of aliphatic imine (C=N–C) groups is 1. The molecule has 1 fully saturated rings. The number of aliphatic hydroxyl groups excluding tert-OH is 1. The van der Waals surface area contributed by atoms with Crippen LogP contribution in [0.2, 0.25) is 5.02 Å². The van der Waals surface area contributed by atoms with Gasteiger partial charge in [-0.3, -0.25) is 24.2 Å². The summed E-state index contributed by atoms with van der Waals surface area (Å²) in [7, 11) is 2.92. The Balaban J connectivity index is 0.777. The molecule has 21 heteroatoms. The van der Waals surface area contributed by atoms with Gasteiger partial charge in [0.15, 0.2) is 0 Å². The van der Waals surface area contributed by atoms with E-state index in [-0.39, 0.29) is 81.9 Å². The standard InChI is InChI=1S/C55H59ClFN9O9S/c1-31-49(76-30-62-31)33-12-10-32(11-13-33)25-60-52(70)42-24-37(67)28-66(42)53(71)50(55(2,3)4)64-45(68)29-75-21-20-74-19-18-58-51(69)39-17-15-36(23-44(39)73-6)63-54-61-27-34-26-59-48(46-41(57)8-7-9-43(46)72-5)40-22-35(56)14-16-38(40)47(34)65-54/h7-17,22-23,27,30,37,42,50,67H,18-21,24-26,28-29H2,1-6H3,(H,58,69)(H,60,70)(H,64,68)(H,61,63,65)/t37-,42+,50-/m1/s1. The molecule has 76 heavy (non-hydrogen) atoms. The number of aliphatic hydroxyl groups is 1. The fourth-order valence-corrected chi connectivity index (χ4v) is 9.87. The first-order valence-corrected chi connectivity index (χ1v) is 25.8. The van der Waals surface area contributed by atoms with Crippen molar-refractivity contribution in [2.24, 2.45) is 10.4 Å². The number of fused-ring (bicyclic) bond motifs is 3. The number of rotatable bonds is 20. The van der Waals surface area contributed by atoms with E-state index < -0.39 is 53.0 Å². The quantitative estimate of drug-likeness (QED) is 0.0484. The largest absolute Gasteiger partial charge is 0.496 e. The van der Waals surface area contributed by atoms with E-state index in [2.05, 4.69) is 31.2 Å². The number of carbonyl (C=O) groups is 4. The number of carbonyl (C=O) groups excluding carboxylic acids is 4. The van der Waals surface area contributed by atoms with Crippen LogP contribution in [0.4, 0.5) is 16.0 Å². The van der Waals surface area contributed by atoms with Gasteiger partial charge in [0.1, 0.15) is 36.0 Å². The van der Waals surface area contributed by atoms with Gasteiger partial charge in [-0.25, -0.2) is 19.3 Å². The number of hydrogen-bond donors (Lipinski definition) is 5. The Morgan fingerprint density at radius 2 is 1.70 bits per heavy atom. The molecule has 0 spiro atoms. The monoisotopic (exact) mass is 1080 g/mol. The zero-order valence-electron chi connectivity index (χ0n) is 42.9. The van der Waals surface area contributed by atoms with Gasteiger partial charge in [0.25, 0.3) is 5.91 Å². The molecule has 398 valence electrons. The molecule has 8 rings (SSSR count). The summed E-state index contributed by atoms with van der Waals surface area (Å²) in [5.74, 6) is -1.45. The highest BCUT2D eigenvalue weighted by Crippen LogP contribution is 2.37. The summed E-state index contributed by atoms with van der Waals surface area (Å²) < 4.78 is 37.6. The molecule has 4 amide bonds. The minimum atomic E-state index is -1.02. The molecule has 2 aliphatic rings. The first-order chi connectivity index (χ1) is 36.5. The van der Waals surface area contributed by atoms with Crippen LogP contribution in [0.25, 0.3) is 21.7 Å². The topological polar surface area (TPSA) is 228 Å². The van der Waals surface area contributed by atoms with Gasteiger partial charge in [-0.1, -0.05) is 68.8 Å². The molecule has 6 aromatic rings. The van der Waals surface area contributed by atoms with Crippen molar-refractivity contribution in [3.8, 4) is 33.2 Å². The van der Waals surface area contributed by atoms with Crippen LogP contribution in [-0.2, 0) is 36.9 Å². The van der Waals surface area contributed by atoms with E-state index in [1.807, 2.05) is 37.3 Å². The number of benzene rings is 4. The van der Waals surface area contributed by atoms with Crippen LogP contribution in [0, 0.1) is 18.2 Å². The second kappa shape index (κ2) is 24.5. The lowest BCUT2D eigenvalue weighted by Crippen LogP contribution is -2.58. The Hall–Kier alpha value is -7.36. The summed E-state index contributed by atoms with van der Waals surface area (Å²) in [5.41, 5.74) is 7.84. The number of aryl methyl sites for hydroxylation is 1. The van der Waals surface area contributed by atoms with Gasteiger partial charge in [0.05, 0.1) is 85.3 Å². The number of thiazole rings is 1. The van der Waals surface area contributed by atoms with Crippen molar-refractivity contribution in [3.63, 3.8) is 0 Å². The minimum Gasteiger partial charge on any atom is -0.496 e. The van der Waals surface area contributed by atoms with Gasteiger partial charge < -0.3 is 50.2 Å². The highest BCUT2D eigenvalue weighted by Gasteiger charge is 2.44. The van der Waals surface area contributed by atoms with Crippen molar-refractivity contribution in [3.05, 3.63) is 135 Å². The van der Waals surface area contributed by atoms with Crippen molar-refractivity contribution in [1.82, 2.24) is 35.8 Å². The molecule has 0 radical (unpaired) electrons. The van der Waals surface area contributed by atoms with Crippen LogP contribution in [0.5, 0.6) is 11.5 Å². The van der Waals surface area contributed by atoms with E-state index in [4.69, 9.17) is 40.5 Å². The average molecular weight is 1080 g/mol. The molecular weight excluding hydrogens is 1020 g/mol. The van der Waals surface area contributed by atoms with E-state index in [0.717, 1.165) is 21.7 Å². The molecule has 18 nitrogen and oxygen atoms in total. The van der Waals surface area contributed by atoms with Crippen LogP contribution in [0.1, 0.15) is 65.5 Å². The first kappa shape index (κ1) is 54.9. The van der Waals surface area contributed by atoms with Crippen LogP contribution < -0.4 is 30.7 Å². The lowest BCUT2D eigenvalue weighted by molar-refractivity contribution is -0.144. The summed E-state index contributed by atoms with van der Waals surface area (Å²) in [6.07, 6.45) is 0.817. The van der Waals surface area contributed by atoms with Crippen LogP contribution in [-0.4, -0.2) is 126 Å². The summed E-state index contributed by atoms with van der Waals surface area (Å²) in [6.45, 7) is 7.83. The van der Waals surface area contributed by atoms with E-state index in [0.29, 0.717) is 44.6 Å². The smallest absolute Gasteiger partial charge is 0.255 e. The third-order valence-corrected chi connectivity index (χ3v) is 14.0. The van der Waals surface area contributed by atoms with Gasteiger partial charge in [-0.15, -0.1) is 11.3 Å². The fourth-order valence-electron chi connectivity index (χ4n) is 8.89. The predicted octanol–water partition coefficient (Wildman–Crippen LogP) is 7.05. The van der Waals surface area contributed by atoms with Gasteiger partial charge in [0, 0.05) is 65.7 Å². The number of aromatic nitrogens is 3. The summed E-state index contributed by atoms with van der Waals surface area (Å²) >= 11 is 8.02. The normalized spacial score (nSPS) is 15.4. The average Bonchev–Trinajstić information content (AvgIpc) is 4.05. The van der Waals surface area contributed by atoms with Crippen molar-refractivity contribution >= 4 is 63.9 Å². The third kappa shape index (κ3) is 13.0. The lowest BCUT2D eigenvalue weighted by Gasteiger charge is -2.35. The van der Waals surface area contributed by atoms with E-state index in [1.54, 1.807) is 86.3 Å². The summed E-state index contributed by atoms with van der Waals surface area (Å²) in [4.78, 5) is 74.7. The second-order valence-corrected chi connectivity index (χ2v) is 20.4. The third-order valence-electron chi connectivity index (χ3n) is 12.7. The number of hydrogen-bond acceptors (Lipinski definition) is 15. The SMILES string of the molecule is COc1cc(Nc2ncc3c(n2)-c2ccc(Cl)cc2C(c2c(F)cccc2OC)=NC3)ccc1C(=O)NCCOCCOCC(=O)N[C@H](C(=O)N1C[C@H](O)C[C@H]1C(=O)NCc1ccc(-c2scnc2C)cc1)C(C)(C)C. The lowest BCUT2D eigenvalue weighted by atomic mass is 9.85. The Bertz CT molecular complexity index is 3130.